The van der Waals surface area contributed by atoms with Gasteiger partial charge in [-0.15, -0.1) is 0 Å². The minimum atomic E-state index is -0.149. The van der Waals surface area contributed by atoms with Crippen molar-refractivity contribution in [3.8, 4) is 5.75 Å². The van der Waals surface area contributed by atoms with Crippen LogP contribution in [0.5, 0.6) is 5.75 Å². The molecule has 3 heterocycles. The van der Waals surface area contributed by atoms with Crippen molar-refractivity contribution in [1.29, 1.82) is 0 Å². The van der Waals surface area contributed by atoms with Gasteiger partial charge >= 0.3 is 0 Å². The number of benzene rings is 5. The van der Waals surface area contributed by atoms with Crippen molar-refractivity contribution >= 4 is 21.9 Å². The van der Waals surface area contributed by atoms with Gasteiger partial charge in [0.2, 0.25) is 0 Å². The second kappa shape index (κ2) is 26.9. The Kier molecular flexibility index (Phi) is 21.5. The van der Waals surface area contributed by atoms with E-state index in [0.29, 0.717) is 46.7 Å². The third-order valence-electron chi connectivity index (χ3n) is 17.4. The molecule has 0 radical (unpaired) electrons. The second-order valence-corrected chi connectivity index (χ2v) is 29.6. The Hall–Kier alpha value is -5.35. The van der Waals surface area contributed by atoms with Crippen LogP contribution in [0.1, 0.15) is 275 Å². The van der Waals surface area contributed by atoms with E-state index in [1.807, 2.05) is 39.0 Å². The zero-order valence-electron chi connectivity index (χ0n) is 55.0. The van der Waals surface area contributed by atoms with Gasteiger partial charge in [0.15, 0.2) is 5.43 Å². The summed E-state index contributed by atoms with van der Waals surface area (Å²) in [6.07, 6.45) is 7.88. The number of ether oxygens (including phenoxy) is 1. The molecule has 0 spiro atoms. The molecular weight excluding hydrogens is 989 g/mol. The molecule has 4 heteroatoms. The minimum absolute atomic E-state index is 0.0451. The van der Waals surface area contributed by atoms with Gasteiger partial charge in [0.25, 0.3) is 0 Å². The van der Waals surface area contributed by atoms with E-state index in [4.69, 9.17) is 13.6 Å². The van der Waals surface area contributed by atoms with E-state index < -0.39 is 0 Å². The molecule has 440 valence electrons. The second-order valence-electron chi connectivity index (χ2n) is 29.6. The van der Waals surface area contributed by atoms with E-state index in [1.165, 1.54) is 64.5 Å². The molecule has 3 atom stereocenters. The molecule has 0 fully saturated rings. The highest BCUT2D eigenvalue weighted by atomic mass is 16.5. The summed E-state index contributed by atoms with van der Waals surface area (Å²) in [6.45, 7) is 51.1. The average molecular weight is 1100 g/mol. The van der Waals surface area contributed by atoms with Crippen LogP contribution < -0.4 is 10.2 Å². The predicted molar refractivity (Wildman–Crippen MR) is 350 cm³/mol. The van der Waals surface area contributed by atoms with Gasteiger partial charge < -0.3 is 13.6 Å². The lowest BCUT2D eigenvalue weighted by Crippen LogP contribution is -2.35. The van der Waals surface area contributed by atoms with Gasteiger partial charge in [0.05, 0.1) is 5.39 Å². The highest BCUT2D eigenvalue weighted by Crippen LogP contribution is 2.40. The van der Waals surface area contributed by atoms with Crippen LogP contribution in [0.25, 0.3) is 21.9 Å². The Bertz CT molecular complexity index is 3220. The summed E-state index contributed by atoms with van der Waals surface area (Å²) in [4.78, 5) is 12.2. The third kappa shape index (κ3) is 17.1. The Balaban J connectivity index is 0.000000163. The molecule has 0 saturated heterocycles. The van der Waals surface area contributed by atoms with Crippen molar-refractivity contribution in [2.75, 3.05) is 0 Å². The Morgan fingerprint density at radius 3 is 1.54 bits per heavy atom. The van der Waals surface area contributed by atoms with E-state index in [9.17, 15) is 4.79 Å². The maximum atomic E-state index is 12.2. The Labute approximate surface area is 492 Å². The largest absolute Gasteiger partial charge is 0.490 e. The van der Waals surface area contributed by atoms with Crippen LogP contribution in [0.4, 0.5) is 0 Å². The van der Waals surface area contributed by atoms with Crippen LogP contribution in [0, 0.1) is 23.2 Å². The first-order chi connectivity index (χ1) is 37.7. The first-order valence-electron chi connectivity index (χ1n) is 31.4. The molecule has 2 aliphatic carbocycles. The van der Waals surface area contributed by atoms with Gasteiger partial charge in [-0.2, -0.15) is 0 Å². The highest BCUT2D eigenvalue weighted by Gasteiger charge is 2.31. The molecule has 3 aliphatic rings. The van der Waals surface area contributed by atoms with Gasteiger partial charge in [0.1, 0.15) is 34.5 Å². The van der Waals surface area contributed by atoms with E-state index >= 15 is 0 Å². The molecule has 4 nitrogen and oxygen atoms in total. The molecular formula is C77H108O4. The molecule has 10 rings (SSSR count). The van der Waals surface area contributed by atoms with E-state index in [-0.39, 0.29) is 21.7 Å². The Morgan fingerprint density at radius 1 is 0.457 bits per heavy atom. The normalized spacial score (nSPS) is 16.8. The summed E-state index contributed by atoms with van der Waals surface area (Å²) in [5.74, 6) is 8.97. The van der Waals surface area contributed by atoms with Crippen LogP contribution in [-0.4, -0.2) is 6.10 Å². The standard InChI is InChI=1S/C16H20O2.C16H24O.C15H20O.2C15H22/c1-10(2)11-6-7-14-12(8-11)13(17)9-15(18-14)16(3,4)5;1-11(2)12-6-8-14-13(10-12)7-9-15(17-14)16(3,4)5;1-10(2)14-9-11-8-12(15(3,4)5)6-7-13(11)16-14;1-10(2)12-5-8-15-13(9-12)6-7-14(15)11(3)4;1-10(2)12-5-6-13-8-14(11(3)4)9-15(13)7-12/h6-10H,1-5H3;6,8,10-11,15H,7,9H2,1-5H3;6-10H,1-5H3;5,8-11,14H,6-7H2,1-4H3;5-7,10-11,14H,8-9H2,1-4H3. The van der Waals surface area contributed by atoms with Gasteiger partial charge in [-0.25, -0.2) is 0 Å². The highest BCUT2D eigenvalue weighted by molar-refractivity contribution is 5.79. The topological polar surface area (TPSA) is 52.6 Å². The van der Waals surface area contributed by atoms with Crippen LogP contribution in [0.3, 0.4) is 0 Å². The van der Waals surface area contributed by atoms with Crippen LogP contribution in [0.2, 0.25) is 0 Å². The van der Waals surface area contributed by atoms with Gasteiger partial charge in [-0.1, -0.05) is 220 Å². The third-order valence-corrected chi connectivity index (χ3v) is 17.4. The van der Waals surface area contributed by atoms with Crippen molar-refractivity contribution in [3.05, 3.63) is 181 Å². The number of hydrogen-bond donors (Lipinski definition) is 0. The summed E-state index contributed by atoms with van der Waals surface area (Å²) >= 11 is 0. The molecule has 3 unspecified atom stereocenters. The number of hydrogen-bond acceptors (Lipinski definition) is 4. The molecule has 2 aromatic heterocycles. The van der Waals surface area contributed by atoms with E-state index in [2.05, 4.69) is 217 Å². The number of rotatable bonds is 7. The summed E-state index contributed by atoms with van der Waals surface area (Å²) in [5, 5.41) is 1.89. The zero-order valence-corrected chi connectivity index (χ0v) is 55.0. The molecule has 0 N–H and O–H groups in total. The predicted octanol–water partition coefficient (Wildman–Crippen LogP) is 22.3. The number of fused-ring (bicyclic) bond motifs is 5. The maximum Gasteiger partial charge on any atom is 0.192 e. The summed E-state index contributed by atoms with van der Waals surface area (Å²) < 4.78 is 17.8. The molecule has 0 bridgehead atoms. The maximum absolute atomic E-state index is 12.2. The smallest absolute Gasteiger partial charge is 0.192 e. The van der Waals surface area contributed by atoms with Gasteiger partial charge in [0, 0.05) is 22.8 Å². The molecule has 7 aromatic rings. The van der Waals surface area contributed by atoms with Crippen LogP contribution in [-0.2, 0) is 36.5 Å². The van der Waals surface area contributed by atoms with Crippen molar-refractivity contribution in [2.24, 2.45) is 23.2 Å². The van der Waals surface area contributed by atoms with Crippen LogP contribution >= 0.6 is 0 Å². The molecule has 1 aliphatic heterocycles. The lowest BCUT2D eigenvalue weighted by atomic mass is 9.83. The minimum Gasteiger partial charge on any atom is -0.490 e. The number of furan rings is 1. The summed E-state index contributed by atoms with van der Waals surface area (Å²) in [5.41, 5.74) is 16.8. The van der Waals surface area contributed by atoms with Gasteiger partial charge in [-0.3, -0.25) is 4.79 Å². The fraction of sp³-hybridized carbons (Fsp3) is 0.545. The monoisotopic (exact) mass is 1100 g/mol. The lowest BCUT2D eigenvalue weighted by Gasteiger charge is -2.35. The SMILES string of the molecule is CC(C)c1cc2cc(C(C)(C)C)ccc2o1.CC(C)c1ccc2c(c1)CC(C(C)C)C2.CC(C)c1ccc2c(c1)CCC(C(C)(C)C)O2.CC(C)c1ccc2c(c1)CCC2C(C)C.CC(C)c1ccc2oc(C(C)(C)C)cc(=O)c2c1. The van der Waals surface area contributed by atoms with Crippen LogP contribution in [0.15, 0.2) is 117 Å². The number of aryl methyl sites for hydroxylation is 2. The molecule has 0 amide bonds. The zero-order chi connectivity index (χ0) is 60.1. The molecule has 81 heavy (non-hydrogen) atoms. The van der Waals surface area contributed by atoms with E-state index in [0.717, 1.165) is 59.4 Å². The first kappa shape index (κ1) is 64.8. The summed E-state index contributed by atoms with van der Waals surface area (Å²) in [6, 6.07) is 37.1. The fourth-order valence-electron chi connectivity index (χ4n) is 11.3. The first-order valence-corrected chi connectivity index (χ1v) is 31.4. The summed E-state index contributed by atoms with van der Waals surface area (Å²) in [7, 11) is 0. The van der Waals surface area contributed by atoms with Crippen molar-refractivity contribution < 1.29 is 13.6 Å². The quantitative estimate of drug-likeness (QED) is 0.160. The average Bonchev–Trinajstić information content (AvgIpc) is 4.23. The Morgan fingerprint density at radius 2 is 0.988 bits per heavy atom. The fourth-order valence-corrected chi connectivity index (χ4v) is 11.3. The lowest BCUT2D eigenvalue weighted by molar-refractivity contribution is 0.0674. The van der Waals surface area contributed by atoms with Crippen molar-refractivity contribution in [1.82, 2.24) is 0 Å². The van der Waals surface area contributed by atoms with Crippen molar-refractivity contribution in [3.63, 3.8) is 0 Å². The van der Waals surface area contributed by atoms with Crippen molar-refractivity contribution in [2.45, 2.75) is 250 Å². The van der Waals surface area contributed by atoms with E-state index in [1.54, 1.807) is 28.3 Å². The van der Waals surface area contributed by atoms with Gasteiger partial charge in [-0.05, 0) is 189 Å². The molecule has 0 saturated carbocycles. The molecule has 5 aromatic carbocycles.